The van der Waals surface area contributed by atoms with Gasteiger partial charge in [0.25, 0.3) is 0 Å². The second kappa shape index (κ2) is 9.03. The predicted molar refractivity (Wildman–Crippen MR) is 112 cm³/mol. The van der Waals surface area contributed by atoms with Gasteiger partial charge in [0, 0.05) is 12.6 Å². The van der Waals surface area contributed by atoms with Gasteiger partial charge in [-0.3, -0.25) is 14.5 Å². The monoisotopic (exact) mass is 416 g/mol. The number of carbonyl (C=O) groups is 1. The molecule has 6 nitrogen and oxygen atoms in total. The zero-order valence-corrected chi connectivity index (χ0v) is 17.3. The average molecular weight is 417 g/mol. The molecule has 2 aromatic carbocycles. The van der Waals surface area contributed by atoms with Crippen molar-refractivity contribution < 1.29 is 9.53 Å². The first-order valence-corrected chi connectivity index (χ1v) is 9.58. The summed E-state index contributed by atoms with van der Waals surface area (Å²) in [6.07, 6.45) is 0. The first-order chi connectivity index (χ1) is 13.5. The van der Waals surface area contributed by atoms with E-state index in [9.17, 15) is 4.79 Å². The summed E-state index contributed by atoms with van der Waals surface area (Å²) in [5.41, 5.74) is 2.02. The highest BCUT2D eigenvalue weighted by Gasteiger charge is 2.15. The molecule has 8 heteroatoms. The van der Waals surface area contributed by atoms with Crippen LogP contribution in [0.2, 0.25) is 5.02 Å². The third kappa shape index (κ3) is 4.79. The Morgan fingerprint density at radius 3 is 2.82 bits per heavy atom. The van der Waals surface area contributed by atoms with Gasteiger partial charge in [0.2, 0.25) is 5.91 Å². The number of hydrogen-bond donors (Lipinski definition) is 1. The summed E-state index contributed by atoms with van der Waals surface area (Å²) in [5.74, 6) is 1.15. The Balaban J connectivity index is 1.64. The summed E-state index contributed by atoms with van der Waals surface area (Å²) in [6, 6.07) is 15.2. The number of aryl methyl sites for hydroxylation is 1. The van der Waals surface area contributed by atoms with Crippen LogP contribution >= 0.6 is 23.8 Å². The van der Waals surface area contributed by atoms with Crippen LogP contribution in [0.5, 0.6) is 5.75 Å². The van der Waals surface area contributed by atoms with Crippen molar-refractivity contribution in [3.05, 3.63) is 63.9 Å². The quantitative estimate of drug-likeness (QED) is 0.589. The standard InChI is InChI=1S/C20H21ClN4O2S/c1-14-6-5-7-15(12-14)19-22-23-20(28)25(19)13-18(26)24(2)10-11-27-17-9-4-3-8-16(17)21/h3-9,12H,10-11,13H2,1-2H3,(H,23,28). The number of para-hydroxylation sites is 1. The molecule has 0 radical (unpaired) electrons. The number of carbonyl (C=O) groups excluding carboxylic acids is 1. The molecule has 0 unspecified atom stereocenters. The molecular weight excluding hydrogens is 396 g/mol. The lowest BCUT2D eigenvalue weighted by molar-refractivity contribution is -0.130. The molecular formula is C20H21ClN4O2S. The predicted octanol–water partition coefficient (Wildman–Crippen LogP) is 4.11. The molecule has 0 atom stereocenters. The van der Waals surface area contributed by atoms with E-state index in [1.165, 1.54) is 0 Å². The highest BCUT2D eigenvalue weighted by molar-refractivity contribution is 7.71. The van der Waals surface area contributed by atoms with Crippen molar-refractivity contribution in [2.75, 3.05) is 20.2 Å². The van der Waals surface area contributed by atoms with E-state index in [-0.39, 0.29) is 12.5 Å². The molecule has 0 saturated heterocycles. The molecule has 146 valence electrons. The normalized spacial score (nSPS) is 10.7. The number of nitrogens with one attached hydrogen (secondary N) is 1. The van der Waals surface area contributed by atoms with Crippen LogP contribution in [0.15, 0.2) is 48.5 Å². The van der Waals surface area contributed by atoms with Crippen LogP contribution in [0.4, 0.5) is 0 Å². The summed E-state index contributed by atoms with van der Waals surface area (Å²) in [6.45, 7) is 2.87. The Morgan fingerprint density at radius 1 is 1.29 bits per heavy atom. The van der Waals surface area contributed by atoms with E-state index in [4.69, 9.17) is 28.6 Å². The van der Waals surface area contributed by atoms with E-state index >= 15 is 0 Å². The van der Waals surface area contributed by atoms with E-state index in [2.05, 4.69) is 10.2 Å². The molecule has 0 aliphatic rings. The SMILES string of the molecule is Cc1cccc(-c2n[nH]c(=S)n2CC(=O)N(C)CCOc2ccccc2Cl)c1. The number of aromatic nitrogens is 3. The minimum absolute atomic E-state index is 0.0887. The Morgan fingerprint density at radius 2 is 2.07 bits per heavy atom. The van der Waals surface area contributed by atoms with E-state index in [1.807, 2.05) is 43.3 Å². The number of rotatable bonds is 7. The fraction of sp³-hybridized carbons (Fsp3) is 0.250. The van der Waals surface area contributed by atoms with Crippen LogP contribution in [0.1, 0.15) is 5.56 Å². The number of nitrogens with zero attached hydrogens (tertiary/aromatic N) is 3. The fourth-order valence-electron chi connectivity index (χ4n) is 2.70. The van der Waals surface area contributed by atoms with Gasteiger partial charge in [-0.05, 0) is 37.3 Å². The Hall–Kier alpha value is -2.64. The zero-order valence-electron chi connectivity index (χ0n) is 15.7. The molecule has 1 aromatic heterocycles. The van der Waals surface area contributed by atoms with Gasteiger partial charge in [-0.25, -0.2) is 0 Å². The minimum Gasteiger partial charge on any atom is -0.490 e. The highest BCUT2D eigenvalue weighted by atomic mass is 35.5. The van der Waals surface area contributed by atoms with Crippen molar-refractivity contribution in [3.63, 3.8) is 0 Å². The van der Waals surface area contributed by atoms with Gasteiger partial charge in [0.1, 0.15) is 18.9 Å². The third-order valence-corrected chi connectivity index (χ3v) is 4.90. The maximum absolute atomic E-state index is 12.7. The van der Waals surface area contributed by atoms with Crippen LogP contribution in [-0.2, 0) is 11.3 Å². The molecule has 1 N–H and O–H groups in total. The smallest absolute Gasteiger partial charge is 0.242 e. The fourth-order valence-corrected chi connectivity index (χ4v) is 3.09. The first-order valence-electron chi connectivity index (χ1n) is 8.79. The van der Waals surface area contributed by atoms with Crippen LogP contribution < -0.4 is 4.74 Å². The lowest BCUT2D eigenvalue weighted by Gasteiger charge is -2.18. The van der Waals surface area contributed by atoms with Crippen molar-refractivity contribution in [3.8, 4) is 17.1 Å². The number of benzene rings is 2. The zero-order chi connectivity index (χ0) is 20.1. The summed E-state index contributed by atoms with van der Waals surface area (Å²) in [7, 11) is 1.73. The van der Waals surface area contributed by atoms with E-state index < -0.39 is 0 Å². The molecule has 1 amide bonds. The molecule has 0 aliphatic heterocycles. The number of likely N-dealkylation sites (N-methyl/N-ethyl adjacent to an activating group) is 1. The van der Waals surface area contributed by atoms with Gasteiger partial charge < -0.3 is 9.64 Å². The summed E-state index contributed by atoms with van der Waals surface area (Å²) >= 11 is 11.4. The maximum Gasteiger partial charge on any atom is 0.242 e. The van der Waals surface area contributed by atoms with Crippen LogP contribution in [0.3, 0.4) is 0 Å². The number of amides is 1. The van der Waals surface area contributed by atoms with Crippen molar-refractivity contribution in [2.24, 2.45) is 0 Å². The summed E-state index contributed by atoms with van der Waals surface area (Å²) < 4.78 is 7.77. The molecule has 28 heavy (non-hydrogen) atoms. The molecule has 3 rings (SSSR count). The van der Waals surface area contributed by atoms with Gasteiger partial charge in [-0.2, -0.15) is 5.10 Å². The molecule has 1 heterocycles. The lowest BCUT2D eigenvalue weighted by atomic mass is 10.1. The topological polar surface area (TPSA) is 63.2 Å². The summed E-state index contributed by atoms with van der Waals surface area (Å²) in [5, 5.41) is 7.61. The van der Waals surface area contributed by atoms with Gasteiger partial charge in [0.15, 0.2) is 10.6 Å². The van der Waals surface area contributed by atoms with Crippen molar-refractivity contribution in [1.82, 2.24) is 19.7 Å². The van der Waals surface area contributed by atoms with E-state index in [1.54, 1.807) is 28.6 Å². The molecule has 3 aromatic rings. The van der Waals surface area contributed by atoms with E-state index in [0.29, 0.717) is 34.5 Å². The van der Waals surface area contributed by atoms with Crippen molar-refractivity contribution >= 4 is 29.7 Å². The average Bonchev–Trinajstić information content (AvgIpc) is 3.03. The van der Waals surface area contributed by atoms with Crippen LogP contribution in [0.25, 0.3) is 11.4 Å². The number of ether oxygens (including phenoxy) is 1. The molecule has 0 spiro atoms. The number of hydrogen-bond acceptors (Lipinski definition) is 4. The number of halogens is 1. The van der Waals surface area contributed by atoms with Crippen molar-refractivity contribution in [2.45, 2.75) is 13.5 Å². The lowest BCUT2D eigenvalue weighted by Crippen LogP contribution is -2.33. The van der Waals surface area contributed by atoms with Gasteiger partial charge in [-0.1, -0.05) is 47.5 Å². The van der Waals surface area contributed by atoms with Gasteiger partial charge in [-0.15, -0.1) is 0 Å². The van der Waals surface area contributed by atoms with Crippen LogP contribution in [0, 0.1) is 11.7 Å². The second-order valence-electron chi connectivity index (χ2n) is 6.40. The Kier molecular flexibility index (Phi) is 6.49. The molecule has 0 saturated carbocycles. The largest absolute Gasteiger partial charge is 0.490 e. The molecule has 0 aliphatic carbocycles. The van der Waals surface area contributed by atoms with E-state index in [0.717, 1.165) is 11.1 Å². The maximum atomic E-state index is 12.7. The van der Waals surface area contributed by atoms with Crippen LogP contribution in [-0.4, -0.2) is 45.8 Å². The first kappa shape index (κ1) is 20.1. The number of H-pyrrole nitrogens is 1. The second-order valence-corrected chi connectivity index (χ2v) is 7.20. The highest BCUT2D eigenvalue weighted by Crippen LogP contribution is 2.23. The number of aromatic amines is 1. The van der Waals surface area contributed by atoms with Crippen molar-refractivity contribution in [1.29, 1.82) is 0 Å². The Bertz CT molecular complexity index is 1030. The minimum atomic E-state index is -0.0887. The molecule has 0 fully saturated rings. The Labute approximate surface area is 173 Å². The van der Waals surface area contributed by atoms with Gasteiger partial charge in [0.05, 0.1) is 11.6 Å². The third-order valence-electron chi connectivity index (χ3n) is 4.27. The molecule has 0 bridgehead atoms. The van der Waals surface area contributed by atoms with Gasteiger partial charge >= 0.3 is 0 Å². The summed E-state index contributed by atoms with van der Waals surface area (Å²) in [4.78, 5) is 14.3.